The Morgan fingerprint density at radius 1 is 0.944 bits per heavy atom. The molecule has 92 valence electrons. The van der Waals surface area contributed by atoms with Crippen molar-refractivity contribution in [1.29, 1.82) is 0 Å². The first-order chi connectivity index (χ1) is 8.86. The molecule has 0 spiro atoms. The van der Waals surface area contributed by atoms with Crippen LogP contribution in [0.2, 0.25) is 0 Å². The first-order valence-electron chi connectivity index (χ1n) is 6.33. The summed E-state index contributed by atoms with van der Waals surface area (Å²) >= 11 is 0. The standard InChI is InChI=1S/C16H17NO/c18-12-15-8-4-7-14-10-17(11-16(14)15)9-13-5-2-1-3-6-13/h1-8,18H,9-12H2. The molecule has 1 heterocycles. The number of nitrogens with zero attached hydrogens (tertiary/aromatic N) is 1. The van der Waals surface area contributed by atoms with E-state index >= 15 is 0 Å². The lowest BCUT2D eigenvalue weighted by molar-refractivity contribution is 0.266. The Labute approximate surface area is 107 Å². The van der Waals surface area contributed by atoms with Gasteiger partial charge < -0.3 is 5.11 Å². The fraction of sp³-hybridized carbons (Fsp3) is 0.250. The number of rotatable bonds is 3. The van der Waals surface area contributed by atoms with E-state index in [4.69, 9.17) is 0 Å². The molecule has 2 nitrogen and oxygen atoms in total. The Kier molecular flexibility index (Phi) is 3.13. The highest BCUT2D eigenvalue weighted by molar-refractivity contribution is 5.37. The van der Waals surface area contributed by atoms with E-state index in [-0.39, 0.29) is 6.61 Å². The third-order valence-corrected chi connectivity index (χ3v) is 3.57. The Morgan fingerprint density at radius 2 is 1.78 bits per heavy atom. The Hall–Kier alpha value is -1.64. The molecular formula is C16H17NO. The Morgan fingerprint density at radius 3 is 2.56 bits per heavy atom. The quantitative estimate of drug-likeness (QED) is 0.890. The fourth-order valence-corrected chi connectivity index (χ4v) is 2.66. The van der Waals surface area contributed by atoms with Crippen LogP contribution >= 0.6 is 0 Å². The zero-order chi connectivity index (χ0) is 12.4. The molecular weight excluding hydrogens is 222 g/mol. The molecule has 2 heteroatoms. The highest BCUT2D eigenvalue weighted by Crippen LogP contribution is 2.27. The lowest BCUT2D eigenvalue weighted by Gasteiger charge is -2.14. The number of hydrogen-bond donors (Lipinski definition) is 1. The van der Waals surface area contributed by atoms with E-state index in [1.165, 1.54) is 16.7 Å². The summed E-state index contributed by atoms with van der Waals surface area (Å²) in [5.41, 5.74) is 5.09. The van der Waals surface area contributed by atoms with Crippen molar-refractivity contribution in [1.82, 2.24) is 4.90 Å². The van der Waals surface area contributed by atoms with Crippen molar-refractivity contribution in [3.8, 4) is 0 Å². The van der Waals surface area contributed by atoms with Crippen LogP contribution in [0.1, 0.15) is 22.3 Å². The van der Waals surface area contributed by atoms with Gasteiger partial charge in [0.15, 0.2) is 0 Å². The molecule has 0 saturated carbocycles. The van der Waals surface area contributed by atoms with Gasteiger partial charge >= 0.3 is 0 Å². The van der Waals surface area contributed by atoms with E-state index in [0.717, 1.165) is 25.2 Å². The van der Waals surface area contributed by atoms with Gasteiger partial charge in [0, 0.05) is 19.6 Å². The molecule has 2 aromatic rings. The van der Waals surface area contributed by atoms with Crippen LogP contribution in [-0.4, -0.2) is 10.0 Å². The summed E-state index contributed by atoms with van der Waals surface area (Å²) in [4.78, 5) is 2.42. The SMILES string of the molecule is OCc1cccc2c1CN(Cc1ccccc1)C2. The van der Waals surface area contributed by atoms with Crippen molar-refractivity contribution in [2.24, 2.45) is 0 Å². The van der Waals surface area contributed by atoms with Crippen LogP contribution in [0, 0.1) is 0 Å². The van der Waals surface area contributed by atoms with Crippen molar-refractivity contribution in [3.05, 3.63) is 70.8 Å². The maximum atomic E-state index is 9.36. The lowest BCUT2D eigenvalue weighted by atomic mass is 10.0. The minimum atomic E-state index is 0.141. The predicted molar refractivity (Wildman–Crippen MR) is 71.8 cm³/mol. The summed E-state index contributed by atoms with van der Waals surface area (Å²) in [6.45, 7) is 3.04. The van der Waals surface area contributed by atoms with Gasteiger partial charge in [0.05, 0.1) is 6.61 Å². The third kappa shape index (κ3) is 2.17. The van der Waals surface area contributed by atoms with Crippen LogP contribution < -0.4 is 0 Å². The van der Waals surface area contributed by atoms with E-state index < -0.39 is 0 Å². The molecule has 0 radical (unpaired) electrons. The summed E-state index contributed by atoms with van der Waals surface area (Å²) in [6, 6.07) is 16.8. The second-order valence-corrected chi connectivity index (χ2v) is 4.84. The zero-order valence-electron chi connectivity index (χ0n) is 10.3. The van der Waals surface area contributed by atoms with Gasteiger partial charge in [-0.1, -0.05) is 48.5 Å². The number of hydrogen-bond acceptors (Lipinski definition) is 2. The molecule has 1 N–H and O–H groups in total. The average Bonchev–Trinajstić information content (AvgIpc) is 2.82. The van der Waals surface area contributed by atoms with Crippen molar-refractivity contribution >= 4 is 0 Å². The maximum Gasteiger partial charge on any atom is 0.0685 e. The highest BCUT2D eigenvalue weighted by Gasteiger charge is 2.20. The summed E-state index contributed by atoms with van der Waals surface area (Å²) in [6.07, 6.45) is 0. The van der Waals surface area contributed by atoms with E-state index in [2.05, 4.69) is 35.2 Å². The predicted octanol–water partition coefficient (Wildman–Crippen LogP) is 2.69. The van der Waals surface area contributed by atoms with Crippen LogP contribution in [0.4, 0.5) is 0 Å². The summed E-state index contributed by atoms with van der Waals surface area (Å²) < 4.78 is 0. The lowest BCUT2D eigenvalue weighted by Crippen LogP contribution is -2.15. The first kappa shape index (κ1) is 11.5. The Bertz CT molecular complexity index is 536. The third-order valence-electron chi connectivity index (χ3n) is 3.57. The van der Waals surface area contributed by atoms with Crippen LogP contribution in [0.25, 0.3) is 0 Å². The van der Waals surface area contributed by atoms with Crippen LogP contribution in [0.3, 0.4) is 0 Å². The van der Waals surface area contributed by atoms with E-state index in [0.29, 0.717) is 0 Å². The minimum Gasteiger partial charge on any atom is -0.392 e. The fourth-order valence-electron chi connectivity index (χ4n) is 2.66. The molecule has 0 unspecified atom stereocenters. The van der Waals surface area contributed by atoms with Crippen molar-refractivity contribution in [2.45, 2.75) is 26.2 Å². The molecule has 0 fully saturated rings. The molecule has 18 heavy (non-hydrogen) atoms. The highest BCUT2D eigenvalue weighted by atomic mass is 16.3. The van der Waals surface area contributed by atoms with Gasteiger partial charge in [-0.25, -0.2) is 0 Å². The number of aliphatic hydroxyl groups is 1. The van der Waals surface area contributed by atoms with Gasteiger partial charge in [0.25, 0.3) is 0 Å². The molecule has 0 amide bonds. The Balaban J connectivity index is 1.77. The second-order valence-electron chi connectivity index (χ2n) is 4.84. The summed E-state index contributed by atoms with van der Waals surface area (Å²) in [7, 11) is 0. The normalized spacial score (nSPS) is 14.7. The minimum absolute atomic E-state index is 0.141. The monoisotopic (exact) mass is 239 g/mol. The molecule has 0 bridgehead atoms. The summed E-state index contributed by atoms with van der Waals surface area (Å²) in [5.74, 6) is 0. The van der Waals surface area contributed by atoms with Crippen LogP contribution in [0.15, 0.2) is 48.5 Å². The smallest absolute Gasteiger partial charge is 0.0685 e. The van der Waals surface area contributed by atoms with Crippen molar-refractivity contribution in [3.63, 3.8) is 0 Å². The molecule has 2 aromatic carbocycles. The number of benzene rings is 2. The average molecular weight is 239 g/mol. The number of aliphatic hydroxyl groups excluding tert-OH is 1. The summed E-state index contributed by atoms with van der Waals surface area (Å²) in [5, 5.41) is 9.36. The van der Waals surface area contributed by atoms with E-state index in [1.54, 1.807) is 0 Å². The molecule has 3 rings (SSSR count). The van der Waals surface area contributed by atoms with Gasteiger partial charge in [0.2, 0.25) is 0 Å². The van der Waals surface area contributed by atoms with Gasteiger partial charge in [0.1, 0.15) is 0 Å². The molecule has 0 atom stereocenters. The van der Waals surface area contributed by atoms with E-state index in [1.807, 2.05) is 18.2 Å². The molecule has 1 aliphatic heterocycles. The second kappa shape index (κ2) is 4.92. The van der Waals surface area contributed by atoms with Gasteiger partial charge in [-0.15, -0.1) is 0 Å². The van der Waals surface area contributed by atoms with Crippen molar-refractivity contribution < 1.29 is 5.11 Å². The van der Waals surface area contributed by atoms with Gasteiger partial charge in [-0.05, 0) is 22.3 Å². The van der Waals surface area contributed by atoms with Crippen LogP contribution in [-0.2, 0) is 26.2 Å². The number of fused-ring (bicyclic) bond motifs is 1. The van der Waals surface area contributed by atoms with Crippen LogP contribution in [0.5, 0.6) is 0 Å². The van der Waals surface area contributed by atoms with Gasteiger partial charge in [-0.3, -0.25) is 4.90 Å². The maximum absolute atomic E-state index is 9.36. The van der Waals surface area contributed by atoms with Crippen molar-refractivity contribution in [2.75, 3.05) is 0 Å². The molecule has 1 aliphatic rings. The first-order valence-corrected chi connectivity index (χ1v) is 6.33. The van der Waals surface area contributed by atoms with E-state index in [9.17, 15) is 5.11 Å². The molecule has 0 saturated heterocycles. The largest absolute Gasteiger partial charge is 0.392 e. The molecule has 0 aliphatic carbocycles. The van der Waals surface area contributed by atoms with Gasteiger partial charge in [-0.2, -0.15) is 0 Å². The zero-order valence-corrected chi connectivity index (χ0v) is 10.3. The topological polar surface area (TPSA) is 23.5 Å². The molecule has 0 aromatic heterocycles.